The number of piperidine rings is 1. The fraction of sp³-hybridized carbons (Fsp3) is 0.458. The molecule has 4 rings (SSSR count). The molecule has 0 saturated carbocycles. The maximum atomic E-state index is 12.8. The summed E-state index contributed by atoms with van der Waals surface area (Å²) in [6, 6.07) is 16.1. The molecule has 0 amide bonds. The van der Waals surface area contributed by atoms with E-state index >= 15 is 0 Å². The van der Waals surface area contributed by atoms with E-state index in [1.165, 1.54) is 5.56 Å². The molecule has 0 unspecified atom stereocenters. The van der Waals surface area contributed by atoms with Crippen molar-refractivity contribution < 1.29 is 8.42 Å². The van der Waals surface area contributed by atoms with Gasteiger partial charge in [-0.1, -0.05) is 41.9 Å². The van der Waals surface area contributed by atoms with Crippen molar-refractivity contribution in [2.75, 3.05) is 44.8 Å². The maximum Gasteiger partial charge on any atom is 0.215 e. The lowest BCUT2D eigenvalue weighted by Gasteiger charge is -2.45. The van der Waals surface area contributed by atoms with Crippen molar-refractivity contribution in [1.29, 1.82) is 0 Å². The van der Waals surface area contributed by atoms with Crippen molar-refractivity contribution in [3.05, 3.63) is 64.7 Å². The molecule has 0 aromatic heterocycles. The first kappa shape index (κ1) is 23.2. The number of hydrogen-bond donors (Lipinski definition) is 1. The second-order valence-corrected chi connectivity index (χ2v) is 11.6. The topological polar surface area (TPSA) is 65.0 Å². The number of nitrogens with zero attached hydrogens (tertiary/aromatic N) is 3. The van der Waals surface area contributed by atoms with Gasteiger partial charge in [0.2, 0.25) is 10.0 Å². The van der Waals surface area contributed by atoms with Crippen LogP contribution in [-0.2, 0) is 23.0 Å². The van der Waals surface area contributed by atoms with Crippen LogP contribution in [0.2, 0.25) is 5.02 Å². The Kier molecular flexibility index (Phi) is 6.91. The van der Waals surface area contributed by atoms with Crippen LogP contribution in [0.3, 0.4) is 0 Å². The minimum Gasteiger partial charge on any atom is -0.343 e. The second kappa shape index (κ2) is 9.51. The third kappa shape index (κ3) is 5.17. The van der Waals surface area contributed by atoms with E-state index in [-0.39, 0.29) is 11.2 Å². The second-order valence-electron chi connectivity index (χ2n) is 9.05. The van der Waals surface area contributed by atoms with Crippen molar-refractivity contribution in [2.45, 2.75) is 25.8 Å². The zero-order chi connectivity index (χ0) is 22.8. The Hall–Kier alpha value is -1.93. The van der Waals surface area contributed by atoms with Crippen molar-refractivity contribution in [1.82, 2.24) is 9.21 Å². The summed E-state index contributed by atoms with van der Waals surface area (Å²) in [5, 5.41) is 4.28. The van der Waals surface area contributed by atoms with Crippen LogP contribution in [0.5, 0.6) is 0 Å². The average molecular weight is 475 g/mol. The Bertz CT molecular complexity index is 1090. The molecule has 1 N–H and O–H groups in total. The number of amidine groups is 1. The standard InChI is InChI=1S/C24H31ClN4O2S/c1-28(2)14-15-32(30,31)29-12-10-24(11-13-29)17-20-7-3-4-9-22(20)27-23(24)26-18-19-6-5-8-21(25)16-19/h3-9,16H,10-15,17-18H2,1-2H3,(H,26,27). The Labute approximate surface area is 196 Å². The smallest absolute Gasteiger partial charge is 0.215 e. The summed E-state index contributed by atoms with van der Waals surface area (Å²) in [7, 11) is 0.540. The number of fused-ring (bicyclic) bond motifs is 1. The lowest BCUT2D eigenvalue weighted by molar-refractivity contribution is 0.220. The lowest BCUT2D eigenvalue weighted by atomic mass is 9.71. The van der Waals surface area contributed by atoms with Crippen molar-refractivity contribution in [2.24, 2.45) is 10.4 Å². The van der Waals surface area contributed by atoms with Crippen LogP contribution in [0, 0.1) is 5.41 Å². The van der Waals surface area contributed by atoms with Gasteiger partial charge in [0.25, 0.3) is 0 Å². The van der Waals surface area contributed by atoms with Gasteiger partial charge in [-0.25, -0.2) is 12.7 Å². The molecule has 0 atom stereocenters. The number of para-hydroxylation sites is 1. The summed E-state index contributed by atoms with van der Waals surface area (Å²) in [6.45, 7) is 2.12. The van der Waals surface area contributed by atoms with Crippen molar-refractivity contribution in [3.63, 3.8) is 0 Å². The zero-order valence-electron chi connectivity index (χ0n) is 18.7. The van der Waals surface area contributed by atoms with E-state index in [4.69, 9.17) is 16.6 Å². The molecular formula is C24H31ClN4O2S. The SMILES string of the molecule is CN(C)CCS(=O)(=O)N1CCC2(CC1)Cc1ccccc1NC2=NCc1cccc(Cl)c1. The highest BCUT2D eigenvalue weighted by atomic mass is 35.5. The van der Waals surface area contributed by atoms with Crippen LogP contribution in [0.15, 0.2) is 53.5 Å². The first-order chi connectivity index (χ1) is 15.3. The van der Waals surface area contributed by atoms with E-state index in [9.17, 15) is 8.42 Å². The van der Waals surface area contributed by atoms with E-state index in [0.717, 1.165) is 36.3 Å². The van der Waals surface area contributed by atoms with Gasteiger partial charge in [-0.05, 0) is 62.7 Å². The molecule has 2 heterocycles. The van der Waals surface area contributed by atoms with Crippen LogP contribution in [0.4, 0.5) is 5.69 Å². The number of sulfonamides is 1. The Morgan fingerprint density at radius 1 is 1.12 bits per heavy atom. The molecule has 2 aromatic rings. The molecule has 32 heavy (non-hydrogen) atoms. The molecule has 0 radical (unpaired) electrons. The van der Waals surface area contributed by atoms with Crippen LogP contribution < -0.4 is 5.32 Å². The van der Waals surface area contributed by atoms with E-state index in [0.29, 0.717) is 31.2 Å². The van der Waals surface area contributed by atoms with Gasteiger partial charge in [0.15, 0.2) is 0 Å². The number of benzene rings is 2. The summed E-state index contributed by atoms with van der Waals surface area (Å²) >= 11 is 6.15. The molecule has 2 aliphatic rings. The highest BCUT2D eigenvalue weighted by molar-refractivity contribution is 7.89. The van der Waals surface area contributed by atoms with Crippen molar-refractivity contribution >= 4 is 33.1 Å². The molecule has 2 aromatic carbocycles. The van der Waals surface area contributed by atoms with Gasteiger partial charge in [-0.15, -0.1) is 0 Å². The van der Waals surface area contributed by atoms with Gasteiger partial charge in [0, 0.05) is 35.8 Å². The fourth-order valence-corrected chi connectivity index (χ4v) is 6.36. The predicted octanol–water partition coefficient (Wildman–Crippen LogP) is 3.88. The average Bonchev–Trinajstić information content (AvgIpc) is 2.77. The van der Waals surface area contributed by atoms with E-state index < -0.39 is 10.0 Å². The van der Waals surface area contributed by atoms with Gasteiger partial charge in [0.1, 0.15) is 5.84 Å². The first-order valence-corrected chi connectivity index (χ1v) is 13.0. The summed E-state index contributed by atoms with van der Waals surface area (Å²) in [4.78, 5) is 6.90. The number of hydrogen-bond acceptors (Lipinski definition) is 4. The zero-order valence-corrected chi connectivity index (χ0v) is 20.3. The molecular weight excluding hydrogens is 444 g/mol. The minimum absolute atomic E-state index is 0.157. The fourth-order valence-electron chi connectivity index (χ4n) is 4.55. The molecule has 2 aliphatic heterocycles. The normalized spacial score (nSPS) is 19.8. The number of aliphatic imine (C=N–C) groups is 1. The molecule has 0 aliphatic carbocycles. The van der Waals surface area contributed by atoms with E-state index in [1.807, 2.05) is 49.3 Å². The molecule has 8 heteroatoms. The number of nitrogens with one attached hydrogen (secondary N) is 1. The van der Waals surface area contributed by atoms with Crippen LogP contribution in [-0.4, -0.2) is 62.9 Å². The quantitative estimate of drug-likeness (QED) is 0.690. The van der Waals surface area contributed by atoms with Crippen molar-refractivity contribution in [3.8, 4) is 0 Å². The number of anilines is 1. The largest absolute Gasteiger partial charge is 0.343 e. The Morgan fingerprint density at radius 2 is 1.88 bits per heavy atom. The third-order valence-electron chi connectivity index (χ3n) is 6.48. The predicted molar refractivity (Wildman–Crippen MR) is 132 cm³/mol. The van der Waals surface area contributed by atoms with E-state index in [1.54, 1.807) is 4.31 Å². The summed E-state index contributed by atoms with van der Waals surface area (Å²) in [5.41, 5.74) is 3.23. The highest BCUT2D eigenvalue weighted by Gasteiger charge is 2.44. The third-order valence-corrected chi connectivity index (χ3v) is 8.57. The minimum atomic E-state index is -3.26. The Balaban J connectivity index is 1.56. The van der Waals surface area contributed by atoms with Gasteiger partial charge >= 0.3 is 0 Å². The monoisotopic (exact) mass is 474 g/mol. The van der Waals surface area contributed by atoms with Gasteiger partial charge < -0.3 is 10.2 Å². The summed E-state index contributed by atoms with van der Waals surface area (Å²) in [5.74, 6) is 1.12. The molecule has 1 fully saturated rings. The molecule has 1 saturated heterocycles. The van der Waals surface area contributed by atoms with Crippen LogP contribution >= 0.6 is 11.6 Å². The Morgan fingerprint density at radius 3 is 2.59 bits per heavy atom. The van der Waals surface area contributed by atoms with Crippen LogP contribution in [0.1, 0.15) is 24.0 Å². The maximum absolute atomic E-state index is 12.8. The molecule has 172 valence electrons. The highest BCUT2D eigenvalue weighted by Crippen LogP contribution is 2.42. The summed E-state index contributed by atoms with van der Waals surface area (Å²) in [6.07, 6.45) is 2.38. The van der Waals surface area contributed by atoms with E-state index in [2.05, 4.69) is 23.5 Å². The van der Waals surface area contributed by atoms with Gasteiger partial charge in [-0.3, -0.25) is 4.99 Å². The number of halogens is 1. The molecule has 0 bridgehead atoms. The van der Waals surface area contributed by atoms with Crippen LogP contribution in [0.25, 0.3) is 0 Å². The first-order valence-electron chi connectivity index (χ1n) is 11.0. The summed E-state index contributed by atoms with van der Waals surface area (Å²) < 4.78 is 27.3. The van der Waals surface area contributed by atoms with Gasteiger partial charge in [-0.2, -0.15) is 0 Å². The molecule has 6 nitrogen and oxygen atoms in total. The number of rotatable bonds is 6. The molecule has 1 spiro atoms. The lowest BCUT2D eigenvalue weighted by Crippen LogP contribution is -2.51. The van der Waals surface area contributed by atoms with Gasteiger partial charge in [0.05, 0.1) is 12.3 Å².